The Bertz CT molecular complexity index is 1830. The Kier molecular flexibility index (Phi) is 4.58. The molecule has 7 aromatic rings. The van der Waals surface area contributed by atoms with Gasteiger partial charge >= 0.3 is 7.12 Å². The fourth-order valence-electron chi connectivity index (χ4n) is 5.22. The topological polar surface area (TPSA) is 45.4 Å². The average Bonchev–Trinajstić information content (AvgIpc) is 3.44. The first-order valence-corrected chi connectivity index (χ1v) is 12.4. The first-order chi connectivity index (χ1) is 17.2. The minimum absolute atomic E-state index is 0.546. The Morgan fingerprint density at radius 2 is 1.17 bits per heavy atom. The van der Waals surface area contributed by atoms with Gasteiger partial charge in [0.05, 0.1) is 11.0 Å². The van der Waals surface area contributed by atoms with E-state index in [9.17, 15) is 10.0 Å². The molecule has 0 saturated heterocycles. The Balaban J connectivity index is 1.41. The highest BCUT2D eigenvalue weighted by atomic mass is 32.1. The van der Waals surface area contributed by atoms with Gasteiger partial charge in [0, 0.05) is 42.1 Å². The molecule has 2 aromatic heterocycles. The van der Waals surface area contributed by atoms with E-state index in [1.54, 1.807) is 11.3 Å². The number of fused-ring (bicyclic) bond motifs is 6. The largest absolute Gasteiger partial charge is 0.489 e. The Hall–Kier alpha value is -3.90. The standard InChI is InChI=1S/C30H20BNO2S/c33-31(34)26-18-20(17-25-24-9-3-6-12-29(24)35-30(25)26)19-13-15-21(16-14-19)32-27-10-4-1-7-22(27)23-8-2-5-11-28(23)32/h1-18,33-34H. The molecule has 166 valence electrons. The van der Waals surface area contributed by atoms with Gasteiger partial charge in [-0.1, -0.05) is 72.8 Å². The number of hydrogen-bond acceptors (Lipinski definition) is 3. The second-order valence-electron chi connectivity index (χ2n) is 8.83. The molecule has 0 bridgehead atoms. The number of nitrogens with zero attached hydrogens (tertiary/aromatic N) is 1. The number of para-hydroxylation sites is 2. The molecule has 0 aliphatic rings. The molecule has 2 N–H and O–H groups in total. The van der Waals surface area contributed by atoms with Gasteiger partial charge < -0.3 is 14.6 Å². The van der Waals surface area contributed by atoms with Crippen molar-refractivity contribution in [3.63, 3.8) is 0 Å². The number of hydrogen-bond donors (Lipinski definition) is 2. The van der Waals surface area contributed by atoms with Crippen LogP contribution in [0.4, 0.5) is 0 Å². The second-order valence-corrected chi connectivity index (χ2v) is 9.88. The van der Waals surface area contributed by atoms with Crippen LogP contribution in [0.1, 0.15) is 0 Å². The maximum Gasteiger partial charge on any atom is 0.489 e. The summed E-state index contributed by atoms with van der Waals surface area (Å²) in [5.41, 5.74) is 6.00. The average molecular weight is 469 g/mol. The zero-order valence-corrected chi connectivity index (χ0v) is 19.5. The fraction of sp³-hybridized carbons (Fsp3) is 0. The maximum absolute atomic E-state index is 10.1. The minimum atomic E-state index is -1.53. The van der Waals surface area contributed by atoms with E-state index >= 15 is 0 Å². The summed E-state index contributed by atoms with van der Waals surface area (Å²) in [5.74, 6) is 0. The third-order valence-electron chi connectivity index (χ3n) is 6.82. The summed E-state index contributed by atoms with van der Waals surface area (Å²) in [4.78, 5) is 0. The Morgan fingerprint density at radius 3 is 1.83 bits per heavy atom. The van der Waals surface area contributed by atoms with E-state index in [4.69, 9.17) is 0 Å². The number of benzene rings is 5. The highest BCUT2D eigenvalue weighted by molar-refractivity contribution is 7.27. The third-order valence-corrected chi connectivity index (χ3v) is 8.06. The summed E-state index contributed by atoms with van der Waals surface area (Å²) in [7, 11) is -1.53. The molecule has 0 radical (unpaired) electrons. The first-order valence-electron chi connectivity index (χ1n) is 11.6. The van der Waals surface area contributed by atoms with Crippen LogP contribution in [0.3, 0.4) is 0 Å². The lowest BCUT2D eigenvalue weighted by Gasteiger charge is -2.11. The summed E-state index contributed by atoms with van der Waals surface area (Å²) in [6.45, 7) is 0. The van der Waals surface area contributed by atoms with E-state index in [0.717, 1.165) is 37.0 Å². The van der Waals surface area contributed by atoms with Crippen molar-refractivity contribution in [2.75, 3.05) is 0 Å². The van der Waals surface area contributed by atoms with Crippen LogP contribution in [0.25, 0.3) is 58.8 Å². The molecule has 0 amide bonds. The highest BCUT2D eigenvalue weighted by Crippen LogP contribution is 2.36. The van der Waals surface area contributed by atoms with Gasteiger partial charge in [0.1, 0.15) is 0 Å². The summed E-state index contributed by atoms with van der Waals surface area (Å²) in [6, 6.07) is 37.8. The SMILES string of the molecule is OB(O)c1cc(-c2ccc(-n3c4ccccc4c4ccccc43)cc2)cc2c1sc1ccccc12. The van der Waals surface area contributed by atoms with Gasteiger partial charge in [-0.2, -0.15) is 0 Å². The van der Waals surface area contributed by atoms with Crippen molar-refractivity contribution in [1.29, 1.82) is 0 Å². The van der Waals surface area contributed by atoms with Crippen LogP contribution in [0, 0.1) is 0 Å². The van der Waals surface area contributed by atoms with Gasteiger partial charge in [-0.3, -0.25) is 0 Å². The molecule has 0 spiro atoms. The van der Waals surface area contributed by atoms with Crippen molar-refractivity contribution >= 4 is 65.9 Å². The normalized spacial score (nSPS) is 11.7. The van der Waals surface area contributed by atoms with E-state index in [2.05, 4.69) is 95.6 Å². The van der Waals surface area contributed by atoms with Crippen LogP contribution in [-0.4, -0.2) is 21.7 Å². The van der Waals surface area contributed by atoms with Crippen molar-refractivity contribution in [3.05, 3.63) is 109 Å². The zero-order chi connectivity index (χ0) is 23.5. The lowest BCUT2D eigenvalue weighted by atomic mass is 9.78. The summed E-state index contributed by atoms with van der Waals surface area (Å²) in [6.07, 6.45) is 0. The van der Waals surface area contributed by atoms with Crippen LogP contribution in [-0.2, 0) is 0 Å². The Labute approximate surface area is 206 Å². The summed E-state index contributed by atoms with van der Waals surface area (Å²) < 4.78 is 4.36. The third kappa shape index (κ3) is 3.13. The van der Waals surface area contributed by atoms with E-state index < -0.39 is 7.12 Å². The molecular weight excluding hydrogens is 449 g/mol. The monoisotopic (exact) mass is 469 g/mol. The van der Waals surface area contributed by atoms with Crippen LogP contribution in [0.15, 0.2) is 109 Å². The molecule has 2 heterocycles. The number of rotatable bonds is 3. The van der Waals surface area contributed by atoms with Crippen molar-refractivity contribution in [3.8, 4) is 16.8 Å². The predicted octanol–water partition coefficient (Wildman–Crippen LogP) is 6.50. The molecule has 0 aliphatic heterocycles. The van der Waals surface area contributed by atoms with Crippen molar-refractivity contribution in [2.24, 2.45) is 0 Å². The van der Waals surface area contributed by atoms with Crippen molar-refractivity contribution in [2.45, 2.75) is 0 Å². The lowest BCUT2D eigenvalue weighted by Crippen LogP contribution is -2.30. The quantitative estimate of drug-likeness (QED) is 0.290. The van der Waals surface area contributed by atoms with E-state index in [-0.39, 0.29) is 0 Å². The molecule has 35 heavy (non-hydrogen) atoms. The van der Waals surface area contributed by atoms with E-state index in [1.165, 1.54) is 21.8 Å². The van der Waals surface area contributed by atoms with Crippen LogP contribution >= 0.6 is 11.3 Å². The molecule has 0 aliphatic carbocycles. The molecule has 3 nitrogen and oxygen atoms in total. The Morgan fingerprint density at radius 1 is 0.571 bits per heavy atom. The van der Waals surface area contributed by atoms with E-state index in [0.29, 0.717) is 5.46 Å². The molecule has 5 heteroatoms. The van der Waals surface area contributed by atoms with Gasteiger partial charge in [0.25, 0.3) is 0 Å². The van der Waals surface area contributed by atoms with Crippen LogP contribution in [0.5, 0.6) is 0 Å². The molecule has 5 aromatic carbocycles. The van der Waals surface area contributed by atoms with Gasteiger partial charge in [-0.25, -0.2) is 0 Å². The molecule has 0 unspecified atom stereocenters. The van der Waals surface area contributed by atoms with Gasteiger partial charge in [-0.05, 0) is 47.5 Å². The smallest absolute Gasteiger partial charge is 0.423 e. The van der Waals surface area contributed by atoms with E-state index in [1.807, 2.05) is 18.2 Å². The molecule has 7 rings (SSSR count). The number of thiophene rings is 1. The first kappa shape index (κ1) is 20.5. The zero-order valence-electron chi connectivity index (χ0n) is 18.7. The van der Waals surface area contributed by atoms with Crippen LogP contribution < -0.4 is 5.46 Å². The van der Waals surface area contributed by atoms with Crippen LogP contribution in [0.2, 0.25) is 0 Å². The molecular formula is C30H20BNO2S. The lowest BCUT2D eigenvalue weighted by molar-refractivity contribution is 0.426. The highest BCUT2D eigenvalue weighted by Gasteiger charge is 2.20. The second kappa shape index (κ2) is 7.82. The summed E-state index contributed by atoms with van der Waals surface area (Å²) in [5, 5.41) is 25.0. The van der Waals surface area contributed by atoms with Crippen molar-refractivity contribution < 1.29 is 10.0 Å². The maximum atomic E-state index is 10.1. The fourth-order valence-corrected chi connectivity index (χ4v) is 6.43. The number of aromatic nitrogens is 1. The van der Waals surface area contributed by atoms with Crippen molar-refractivity contribution in [1.82, 2.24) is 4.57 Å². The van der Waals surface area contributed by atoms with Gasteiger partial charge in [-0.15, -0.1) is 11.3 Å². The summed E-state index contributed by atoms with van der Waals surface area (Å²) >= 11 is 1.60. The van der Waals surface area contributed by atoms with Gasteiger partial charge in [0.2, 0.25) is 0 Å². The minimum Gasteiger partial charge on any atom is -0.423 e. The molecule has 0 saturated carbocycles. The molecule has 0 atom stereocenters. The van der Waals surface area contributed by atoms with Gasteiger partial charge in [0.15, 0.2) is 0 Å². The predicted molar refractivity (Wildman–Crippen MR) is 149 cm³/mol. The molecule has 0 fully saturated rings.